The fourth-order valence-electron chi connectivity index (χ4n) is 1.57. The van der Waals surface area contributed by atoms with Crippen molar-refractivity contribution in [1.82, 2.24) is 4.98 Å². The normalized spacial score (nSPS) is 16.0. The summed E-state index contributed by atoms with van der Waals surface area (Å²) in [4.78, 5) is 5.31. The molecular weight excluding hydrogens is 244 g/mol. The average Bonchev–Trinajstić information content (AvgIpc) is 2.89. The Labute approximate surface area is 98.9 Å². The molecule has 0 amide bonds. The van der Waals surface area contributed by atoms with Gasteiger partial charge in [-0.3, -0.25) is 0 Å². The number of rotatable bonds is 4. The van der Waals surface area contributed by atoms with Crippen LogP contribution in [-0.2, 0) is 22.0 Å². The van der Waals surface area contributed by atoms with Gasteiger partial charge in [0.2, 0.25) is 0 Å². The van der Waals surface area contributed by atoms with Gasteiger partial charge in [0, 0.05) is 17.1 Å². The highest BCUT2D eigenvalue weighted by Gasteiger charge is 2.29. The van der Waals surface area contributed by atoms with E-state index < -0.39 is 9.84 Å². The molecule has 0 radical (unpaired) electrons. The molecule has 0 unspecified atom stereocenters. The minimum absolute atomic E-state index is 0.0111. The summed E-state index contributed by atoms with van der Waals surface area (Å²) in [6.07, 6.45) is 3.77. The Balaban J connectivity index is 2.28. The molecule has 86 valence electrons. The van der Waals surface area contributed by atoms with E-state index in [4.69, 9.17) is 5.26 Å². The van der Waals surface area contributed by atoms with Crippen LogP contribution in [0, 0.1) is 11.3 Å². The first kappa shape index (κ1) is 11.6. The van der Waals surface area contributed by atoms with E-state index in [1.54, 1.807) is 0 Å². The number of aromatic nitrogens is 1. The second kappa shape index (κ2) is 4.15. The van der Waals surface area contributed by atoms with E-state index in [9.17, 15) is 8.42 Å². The van der Waals surface area contributed by atoms with E-state index in [1.807, 2.05) is 0 Å². The van der Waals surface area contributed by atoms with Crippen LogP contribution in [0.5, 0.6) is 0 Å². The van der Waals surface area contributed by atoms with Gasteiger partial charge in [0.05, 0.1) is 18.2 Å². The lowest BCUT2D eigenvalue weighted by atomic mass is 10.2. The number of nitrogens with zero attached hydrogens (tertiary/aromatic N) is 2. The van der Waals surface area contributed by atoms with E-state index in [1.165, 1.54) is 17.6 Å². The Kier molecular flexibility index (Phi) is 3.00. The third-order valence-corrected chi connectivity index (χ3v) is 4.41. The maximum Gasteiger partial charge on any atom is 0.153 e. The molecule has 0 aromatic carbocycles. The van der Waals surface area contributed by atoms with Crippen LogP contribution in [0.2, 0.25) is 0 Å². The molecular formula is C10H12N2O2S2. The Morgan fingerprint density at radius 1 is 1.56 bits per heavy atom. The quantitative estimate of drug-likeness (QED) is 0.821. The predicted octanol–water partition coefficient (Wildman–Crippen LogP) is 1.63. The third kappa shape index (κ3) is 2.80. The van der Waals surface area contributed by atoms with Crippen molar-refractivity contribution in [1.29, 1.82) is 5.26 Å². The monoisotopic (exact) mass is 256 g/mol. The molecule has 0 spiro atoms. The highest BCUT2D eigenvalue weighted by atomic mass is 32.2. The Bertz CT molecular complexity index is 536. The van der Waals surface area contributed by atoms with Crippen molar-refractivity contribution in [3.8, 4) is 6.07 Å². The molecule has 1 saturated carbocycles. The number of hydrogen-bond acceptors (Lipinski definition) is 5. The van der Waals surface area contributed by atoms with Gasteiger partial charge < -0.3 is 0 Å². The first-order chi connectivity index (χ1) is 7.49. The van der Waals surface area contributed by atoms with E-state index in [0.717, 1.165) is 23.4 Å². The number of hydrogen-bond donors (Lipinski definition) is 0. The molecule has 4 nitrogen and oxygen atoms in total. The zero-order chi connectivity index (χ0) is 11.8. The summed E-state index contributed by atoms with van der Waals surface area (Å²) in [6.45, 7) is 0. The Morgan fingerprint density at radius 3 is 2.75 bits per heavy atom. The van der Waals surface area contributed by atoms with Gasteiger partial charge >= 0.3 is 0 Å². The van der Waals surface area contributed by atoms with Gasteiger partial charge in [0.1, 0.15) is 10.8 Å². The molecule has 1 aliphatic rings. The van der Waals surface area contributed by atoms with Gasteiger partial charge in [-0.2, -0.15) is 5.26 Å². The summed E-state index contributed by atoms with van der Waals surface area (Å²) in [7, 11) is -3.04. The summed E-state index contributed by atoms with van der Waals surface area (Å²) in [5, 5.41) is 9.32. The zero-order valence-corrected chi connectivity index (χ0v) is 10.6. The van der Waals surface area contributed by atoms with Crippen LogP contribution in [-0.4, -0.2) is 19.7 Å². The van der Waals surface area contributed by atoms with Crippen LogP contribution in [0.3, 0.4) is 0 Å². The van der Waals surface area contributed by atoms with Crippen molar-refractivity contribution >= 4 is 21.2 Å². The summed E-state index contributed by atoms with van der Waals surface area (Å²) >= 11 is 1.37. The van der Waals surface area contributed by atoms with Crippen molar-refractivity contribution in [3.63, 3.8) is 0 Å². The van der Waals surface area contributed by atoms with Crippen molar-refractivity contribution in [2.75, 3.05) is 6.26 Å². The van der Waals surface area contributed by atoms with Crippen LogP contribution >= 0.6 is 11.3 Å². The summed E-state index contributed by atoms with van der Waals surface area (Å²) < 4.78 is 22.3. The fourth-order valence-corrected chi connectivity index (χ4v) is 3.85. The lowest BCUT2D eigenvalue weighted by molar-refractivity contribution is 0.601. The highest BCUT2D eigenvalue weighted by molar-refractivity contribution is 7.90. The van der Waals surface area contributed by atoms with E-state index in [2.05, 4.69) is 11.1 Å². The fraction of sp³-hybridized carbons (Fsp3) is 0.600. The predicted molar refractivity (Wildman–Crippen MR) is 62.0 cm³/mol. The average molecular weight is 256 g/mol. The topological polar surface area (TPSA) is 70.8 Å². The Morgan fingerprint density at radius 2 is 2.25 bits per heavy atom. The van der Waals surface area contributed by atoms with Gasteiger partial charge in [-0.15, -0.1) is 11.3 Å². The first-order valence-corrected chi connectivity index (χ1v) is 7.90. The largest absolute Gasteiger partial charge is 0.245 e. The molecule has 1 heterocycles. The number of thiazole rings is 1. The van der Waals surface area contributed by atoms with Crippen molar-refractivity contribution in [2.45, 2.75) is 30.9 Å². The smallest absolute Gasteiger partial charge is 0.153 e. The van der Waals surface area contributed by atoms with Crippen molar-refractivity contribution < 1.29 is 8.42 Å². The van der Waals surface area contributed by atoms with Gasteiger partial charge in [0.15, 0.2) is 9.84 Å². The third-order valence-electron chi connectivity index (χ3n) is 2.36. The van der Waals surface area contributed by atoms with Crippen LogP contribution in [0.4, 0.5) is 0 Å². The highest BCUT2D eigenvalue weighted by Crippen LogP contribution is 2.42. The van der Waals surface area contributed by atoms with E-state index in [-0.39, 0.29) is 5.75 Å². The molecule has 0 N–H and O–H groups in total. The minimum atomic E-state index is -3.04. The van der Waals surface area contributed by atoms with Gasteiger partial charge in [-0.1, -0.05) is 0 Å². The van der Waals surface area contributed by atoms with Gasteiger partial charge in [-0.05, 0) is 12.8 Å². The molecule has 0 bridgehead atoms. The molecule has 0 aliphatic heterocycles. The maximum absolute atomic E-state index is 11.2. The van der Waals surface area contributed by atoms with Crippen LogP contribution in [0.15, 0.2) is 0 Å². The second-order valence-corrected chi connectivity index (χ2v) is 7.40. The summed E-state index contributed by atoms with van der Waals surface area (Å²) in [5.41, 5.74) is 0.963. The molecule has 1 aromatic rings. The molecule has 1 aliphatic carbocycles. The maximum atomic E-state index is 11.2. The van der Waals surface area contributed by atoms with E-state index in [0.29, 0.717) is 17.3 Å². The summed E-state index contributed by atoms with van der Waals surface area (Å²) in [5.74, 6) is 0.455. The second-order valence-electron chi connectivity index (χ2n) is 4.10. The lowest BCUT2D eigenvalue weighted by Crippen LogP contribution is -2.00. The Hall–Kier alpha value is -0.930. The standard InChI is InChI=1S/C10H12N2O2S2/c1-16(13,14)6-9-12-10(7-2-3-7)8(15-9)4-5-11/h7H,2-4,6H2,1H3. The molecule has 1 fully saturated rings. The molecule has 2 rings (SSSR count). The molecule has 6 heteroatoms. The van der Waals surface area contributed by atoms with Crippen molar-refractivity contribution in [2.24, 2.45) is 0 Å². The van der Waals surface area contributed by atoms with Crippen LogP contribution in [0.25, 0.3) is 0 Å². The zero-order valence-electron chi connectivity index (χ0n) is 8.93. The molecule has 0 saturated heterocycles. The molecule has 1 aromatic heterocycles. The molecule has 16 heavy (non-hydrogen) atoms. The van der Waals surface area contributed by atoms with Crippen molar-refractivity contribution in [3.05, 3.63) is 15.6 Å². The number of nitriles is 1. The SMILES string of the molecule is CS(=O)(=O)Cc1nc(C2CC2)c(CC#N)s1. The minimum Gasteiger partial charge on any atom is -0.245 e. The number of sulfone groups is 1. The van der Waals surface area contributed by atoms with Crippen LogP contribution < -0.4 is 0 Å². The first-order valence-electron chi connectivity index (χ1n) is 5.03. The van der Waals surface area contributed by atoms with E-state index >= 15 is 0 Å². The molecule has 0 atom stereocenters. The van der Waals surface area contributed by atoms with Crippen LogP contribution in [0.1, 0.15) is 34.3 Å². The van der Waals surface area contributed by atoms with Gasteiger partial charge in [0.25, 0.3) is 0 Å². The lowest BCUT2D eigenvalue weighted by Gasteiger charge is -1.92. The summed E-state index contributed by atoms with van der Waals surface area (Å²) in [6, 6.07) is 2.10. The van der Waals surface area contributed by atoms with Gasteiger partial charge in [-0.25, -0.2) is 13.4 Å².